The van der Waals surface area contributed by atoms with Gasteiger partial charge in [-0.15, -0.1) is 5.21 Å². The molecule has 0 aromatic rings. The first-order chi connectivity index (χ1) is 3.27. The molecular formula is C4H11N2O. The molecule has 1 N–H and O–H groups in total. The third-order valence-electron chi connectivity index (χ3n) is 0.677. The van der Waals surface area contributed by atoms with E-state index in [9.17, 15) is 5.21 Å². The maximum atomic E-state index is 10.1. The van der Waals surface area contributed by atoms with Crippen molar-refractivity contribution in [3.63, 3.8) is 0 Å². The standard InChI is InChI=1S/C4H11N2O/c1-5-3-4-6(2)7/h5H,3-4H2,1-2H3. The lowest BCUT2D eigenvalue weighted by Gasteiger charge is -2.01. The molecule has 3 heteroatoms. The van der Waals surface area contributed by atoms with Crippen LogP contribution in [0.4, 0.5) is 0 Å². The number of likely N-dealkylation sites (N-methyl/N-ethyl adjacent to an activating group) is 2. The van der Waals surface area contributed by atoms with Gasteiger partial charge in [0, 0.05) is 20.1 Å². The summed E-state index contributed by atoms with van der Waals surface area (Å²) in [5.41, 5.74) is 0. The SMILES string of the molecule is CNCCN(C)[O]. The van der Waals surface area contributed by atoms with Crippen LogP contribution in [0.15, 0.2) is 0 Å². The molecule has 0 bridgehead atoms. The van der Waals surface area contributed by atoms with Gasteiger partial charge in [0.15, 0.2) is 0 Å². The van der Waals surface area contributed by atoms with Gasteiger partial charge in [-0.05, 0) is 7.05 Å². The lowest BCUT2D eigenvalue weighted by molar-refractivity contribution is -0.132. The van der Waals surface area contributed by atoms with E-state index >= 15 is 0 Å². The van der Waals surface area contributed by atoms with Crippen LogP contribution in [0.2, 0.25) is 0 Å². The number of hydrogen-bond donors (Lipinski definition) is 1. The molecule has 0 aliphatic heterocycles. The molecule has 0 aliphatic rings. The second kappa shape index (κ2) is 4.05. The van der Waals surface area contributed by atoms with Crippen LogP contribution in [0, 0.1) is 0 Å². The summed E-state index contributed by atoms with van der Waals surface area (Å²) in [5, 5.41) is 13.8. The molecule has 0 saturated carbocycles. The fraction of sp³-hybridized carbons (Fsp3) is 1.00. The first-order valence-corrected chi connectivity index (χ1v) is 2.30. The first-order valence-electron chi connectivity index (χ1n) is 2.30. The number of rotatable bonds is 3. The molecule has 0 atom stereocenters. The van der Waals surface area contributed by atoms with Crippen LogP contribution in [-0.4, -0.2) is 32.2 Å². The summed E-state index contributed by atoms with van der Waals surface area (Å²) >= 11 is 0. The highest BCUT2D eigenvalue weighted by Gasteiger charge is 1.87. The van der Waals surface area contributed by atoms with Crippen LogP contribution in [0.25, 0.3) is 0 Å². The molecule has 0 heterocycles. The summed E-state index contributed by atoms with van der Waals surface area (Å²) in [4.78, 5) is 0. The molecule has 3 nitrogen and oxygen atoms in total. The fourth-order valence-electron chi connectivity index (χ4n) is 0.269. The molecule has 0 rings (SSSR count). The molecule has 7 heavy (non-hydrogen) atoms. The summed E-state index contributed by atoms with van der Waals surface area (Å²) in [6.45, 7) is 1.33. The van der Waals surface area contributed by atoms with E-state index in [2.05, 4.69) is 5.32 Å². The van der Waals surface area contributed by atoms with Crippen molar-refractivity contribution in [2.45, 2.75) is 0 Å². The van der Waals surface area contributed by atoms with Gasteiger partial charge >= 0.3 is 0 Å². The van der Waals surface area contributed by atoms with Gasteiger partial charge in [-0.1, -0.05) is 0 Å². The summed E-state index contributed by atoms with van der Waals surface area (Å²) in [7, 11) is 3.33. The number of nitrogens with one attached hydrogen (secondary N) is 1. The third-order valence-corrected chi connectivity index (χ3v) is 0.677. The van der Waals surface area contributed by atoms with Crippen LogP contribution in [-0.2, 0) is 5.21 Å². The highest BCUT2D eigenvalue weighted by atomic mass is 16.5. The summed E-state index contributed by atoms with van der Waals surface area (Å²) in [6, 6.07) is 0. The zero-order valence-corrected chi connectivity index (χ0v) is 4.77. The highest BCUT2D eigenvalue weighted by molar-refractivity contribution is 4.38. The monoisotopic (exact) mass is 103 g/mol. The molecule has 0 spiro atoms. The molecule has 0 unspecified atom stereocenters. The van der Waals surface area contributed by atoms with Gasteiger partial charge in [0.05, 0.1) is 0 Å². The van der Waals surface area contributed by atoms with Crippen LogP contribution < -0.4 is 5.32 Å². The zero-order chi connectivity index (χ0) is 5.70. The van der Waals surface area contributed by atoms with Crippen molar-refractivity contribution in [1.29, 1.82) is 0 Å². The quantitative estimate of drug-likeness (QED) is 0.488. The Bertz CT molecular complexity index is 38.7. The Kier molecular flexibility index (Phi) is 3.98. The highest BCUT2D eigenvalue weighted by Crippen LogP contribution is 1.67. The van der Waals surface area contributed by atoms with Crippen LogP contribution >= 0.6 is 0 Å². The molecule has 43 valence electrons. The van der Waals surface area contributed by atoms with E-state index in [-0.39, 0.29) is 0 Å². The van der Waals surface area contributed by atoms with Crippen molar-refractivity contribution >= 4 is 0 Å². The average molecular weight is 103 g/mol. The van der Waals surface area contributed by atoms with Gasteiger partial charge < -0.3 is 5.32 Å². The summed E-state index contributed by atoms with van der Waals surface area (Å²) < 4.78 is 0. The van der Waals surface area contributed by atoms with Crippen molar-refractivity contribution in [3.05, 3.63) is 0 Å². The molecule has 1 radical (unpaired) electrons. The van der Waals surface area contributed by atoms with E-state index in [0.29, 0.717) is 6.54 Å². The smallest absolute Gasteiger partial charge is 0.0393 e. The lowest BCUT2D eigenvalue weighted by atomic mass is 10.6. The van der Waals surface area contributed by atoms with Crippen molar-refractivity contribution in [1.82, 2.24) is 10.4 Å². The largest absolute Gasteiger partial charge is 0.318 e. The number of nitrogens with zero attached hydrogens (tertiary/aromatic N) is 1. The second-order valence-corrected chi connectivity index (χ2v) is 1.46. The topological polar surface area (TPSA) is 35.2 Å². The van der Waals surface area contributed by atoms with Crippen molar-refractivity contribution in [2.24, 2.45) is 0 Å². The molecule has 0 saturated heterocycles. The van der Waals surface area contributed by atoms with Crippen molar-refractivity contribution in [2.75, 3.05) is 27.2 Å². The Morgan fingerprint density at radius 1 is 1.71 bits per heavy atom. The Labute approximate surface area is 43.9 Å². The molecule has 0 aliphatic carbocycles. The van der Waals surface area contributed by atoms with Gasteiger partial charge in [-0.25, -0.2) is 0 Å². The van der Waals surface area contributed by atoms with E-state index in [1.165, 1.54) is 7.05 Å². The molecular weight excluding hydrogens is 92.1 g/mol. The minimum atomic E-state index is 0.566. The maximum Gasteiger partial charge on any atom is 0.0393 e. The molecule has 0 aromatic heterocycles. The summed E-state index contributed by atoms with van der Waals surface area (Å²) in [6.07, 6.45) is 0. The first kappa shape index (κ1) is 6.88. The Hall–Kier alpha value is -0.120. The van der Waals surface area contributed by atoms with Crippen LogP contribution in [0.1, 0.15) is 0 Å². The van der Waals surface area contributed by atoms with E-state index in [4.69, 9.17) is 0 Å². The van der Waals surface area contributed by atoms with Gasteiger partial charge in [-0.3, -0.25) is 0 Å². The van der Waals surface area contributed by atoms with Crippen LogP contribution in [0.3, 0.4) is 0 Å². The minimum absolute atomic E-state index is 0.566. The Balaban J connectivity index is 2.68. The van der Waals surface area contributed by atoms with Crippen molar-refractivity contribution < 1.29 is 5.21 Å². The second-order valence-electron chi connectivity index (χ2n) is 1.46. The van der Waals surface area contributed by atoms with Gasteiger partial charge in [0.25, 0.3) is 0 Å². The van der Waals surface area contributed by atoms with Gasteiger partial charge in [-0.2, -0.15) is 5.06 Å². The lowest BCUT2D eigenvalue weighted by Crippen LogP contribution is -2.23. The zero-order valence-electron chi connectivity index (χ0n) is 4.77. The third kappa shape index (κ3) is 5.88. The molecule has 0 aromatic carbocycles. The van der Waals surface area contributed by atoms with E-state index in [0.717, 1.165) is 11.6 Å². The van der Waals surface area contributed by atoms with Gasteiger partial charge in [0.2, 0.25) is 0 Å². The van der Waals surface area contributed by atoms with E-state index in [1.807, 2.05) is 7.05 Å². The predicted octanol–water partition coefficient (Wildman–Crippen LogP) is -0.517. The number of hydroxylamine groups is 2. The van der Waals surface area contributed by atoms with Crippen molar-refractivity contribution in [3.8, 4) is 0 Å². The maximum absolute atomic E-state index is 10.1. The normalized spacial score (nSPS) is 10.3. The minimum Gasteiger partial charge on any atom is -0.318 e. The number of hydrogen-bond acceptors (Lipinski definition) is 2. The predicted molar refractivity (Wildman–Crippen MR) is 27.2 cm³/mol. The van der Waals surface area contributed by atoms with E-state index < -0.39 is 0 Å². The average Bonchev–Trinajstić information content (AvgIpc) is 1.61. The fourth-order valence-corrected chi connectivity index (χ4v) is 0.269. The van der Waals surface area contributed by atoms with Crippen LogP contribution in [0.5, 0.6) is 0 Å². The molecule has 0 fully saturated rings. The Morgan fingerprint density at radius 3 is 2.43 bits per heavy atom. The molecule has 0 amide bonds. The van der Waals surface area contributed by atoms with E-state index in [1.54, 1.807) is 0 Å². The Morgan fingerprint density at radius 2 is 2.29 bits per heavy atom. The van der Waals surface area contributed by atoms with Gasteiger partial charge in [0.1, 0.15) is 0 Å². The summed E-state index contributed by atoms with van der Waals surface area (Å²) in [5.74, 6) is 0.